The number of halogens is 1. The van der Waals surface area contributed by atoms with Crippen molar-refractivity contribution in [3.8, 4) is 11.5 Å². The Morgan fingerprint density at radius 2 is 1.83 bits per heavy atom. The Labute approximate surface area is 154 Å². The molecule has 24 heavy (non-hydrogen) atoms. The molecule has 0 saturated carbocycles. The van der Waals surface area contributed by atoms with Gasteiger partial charge in [0.15, 0.2) is 11.5 Å². The molecule has 0 aliphatic carbocycles. The van der Waals surface area contributed by atoms with Gasteiger partial charge in [-0.25, -0.2) is 0 Å². The van der Waals surface area contributed by atoms with Gasteiger partial charge in [-0.3, -0.25) is 4.79 Å². The minimum Gasteiger partial charge on any atom is -0.486 e. The minimum absolute atomic E-state index is 0.0394. The van der Waals surface area contributed by atoms with Crippen LogP contribution in [0.4, 0.5) is 0 Å². The molecule has 0 bridgehead atoms. The molecule has 0 saturated heterocycles. The first-order valence-electron chi connectivity index (χ1n) is 7.69. The fourth-order valence-electron chi connectivity index (χ4n) is 2.32. The first kappa shape index (κ1) is 17.2. The third kappa shape index (κ3) is 4.68. The average Bonchev–Trinajstić information content (AvgIpc) is 2.61. The molecule has 4 nitrogen and oxygen atoms in total. The van der Waals surface area contributed by atoms with Gasteiger partial charge in [0.05, 0.1) is 5.75 Å². The van der Waals surface area contributed by atoms with Gasteiger partial charge in [-0.2, -0.15) is 0 Å². The number of hydrogen-bond donors (Lipinski definition) is 1. The highest BCUT2D eigenvalue weighted by molar-refractivity contribution is 9.10. The van der Waals surface area contributed by atoms with E-state index in [1.165, 1.54) is 0 Å². The standard InChI is InChI=1S/C18H18BrNO3S/c19-15-9-17-16(22-6-7-23-17)8-14(15)11-24-12-18(21)20-10-13-4-2-1-3-5-13/h1-5,8-9H,6-7,10-12H2,(H,20,21). The van der Waals surface area contributed by atoms with Gasteiger partial charge in [-0.05, 0) is 23.3 Å². The molecule has 0 fully saturated rings. The number of ether oxygens (including phenoxy) is 2. The molecular weight excluding hydrogens is 390 g/mol. The maximum Gasteiger partial charge on any atom is 0.230 e. The topological polar surface area (TPSA) is 47.6 Å². The molecule has 2 aromatic rings. The van der Waals surface area contributed by atoms with Crippen LogP contribution in [-0.2, 0) is 17.1 Å². The lowest BCUT2D eigenvalue weighted by molar-refractivity contribution is -0.118. The van der Waals surface area contributed by atoms with Crippen molar-refractivity contribution in [2.24, 2.45) is 0 Å². The Morgan fingerprint density at radius 1 is 1.12 bits per heavy atom. The van der Waals surface area contributed by atoms with Crippen LogP contribution in [-0.4, -0.2) is 24.9 Å². The van der Waals surface area contributed by atoms with Crippen molar-refractivity contribution in [1.82, 2.24) is 5.32 Å². The maximum atomic E-state index is 11.9. The smallest absolute Gasteiger partial charge is 0.230 e. The lowest BCUT2D eigenvalue weighted by Gasteiger charge is -2.19. The van der Waals surface area contributed by atoms with Gasteiger partial charge in [0.2, 0.25) is 5.91 Å². The molecule has 1 aliphatic heterocycles. The van der Waals surface area contributed by atoms with Crippen LogP contribution in [0.5, 0.6) is 11.5 Å². The summed E-state index contributed by atoms with van der Waals surface area (Å²) in [6.45, 7) is 1.71. The van der Waals surface area contributed by atoms with Gasteiger partial charge in [-0.15, -0.1) is 11.8 Å². The summed E-state index contributed by atoms with van der Waals surface area (Å²) in [5.74, 6) is 2.73. The molecule has 0 radical (unpaired) electrons. The van der Waals surface area contributed by atoms with Gasteiger partial charge in [-0.1, -0.05) is 46.3 Å². The van der Waals surface area contributed by atoms with E-state index >= 15 is 0 Å². The van der Waals surface area contributed by atoms with Crippen LogP contribution in [0.2, 0.25) is 0 Å². The first-order valence-corrected chi connectivity index (χ1v) is 9.63. The zero-order valence-electron chi connectivity index (χ0n) is 13.1. The highest BCUT2D eigenvalue weighted by Crippen LogP contribution is 2.36. The quantitative estimate of drug-likeness (QED) is 0.791. The van der Waals surface area contributed by atoms with Crippen molar-refractivity contribution in [3.63, 3.8) is 0 Å². The van der Waals surface area contributed by atoms with Gasteiger partial charge in [0, 0.05) is 16.8 Å². The molecule has 0 spiro atoms. The minimum atomic E-state index is 0.0394. The summed E-state index contributed by atoms with van der Waals surface area (Å²) in [6, 6.07) is 13.8. The Morgan fingerprint density at radius 3 is 2.58 bits per heavy atom. The largest absolute Gasteiger partial charge is 0.486 e. The van der Waals surface area contributed by atoms with Crippen molar-refractivity contribution in [3.05, 3.63) is 58.1 Å². The number of thioether (sulfide) groups is 1. The zero-order chi connectivity index (χ0) is 16.8. The number of carbonyl (C=O) groups excluding carboxylic acids is 1. The van der Waals surface area contributed by atoms with Gasteiger partial charge in [0.1, 0.15) is 13.2 Å². The summed E-state index contributed by atoms with van der Waals surface area (Å²) < 4.78 is 12.1. The molecule has 0 atom stereocenters. The molecule has 0 unspecified atom stereocenters. The van der Waals surface area contributed by atoms with Gasteiger partial charge >= 0.3 is 0 Å². The second-order valence-corrected chi connectivity index (χ2v) is 7.18. The number of amides is 1. The van der Waals surface area contributed by atoms with Gasteiger partial charge in [0.25, 0.3) is 0 Å². The Bertz CT molecular complexity index is 709. The molecule has 1 aliphatic rings. The van der Waals surface area contributed by atoms with E-state index < -0.39 is 0 Å². The SMILES string of the molecule is O=C(CSCc1cc2c(cc1Br)OCCO2)NCc1ccccc1. The number of fused-ring (bicyclic) bond motifs is 1. The summed E-state index contributed by atoms with van der Waals surface area (Å²) in [7, 11) is 0. The lowest BCUT2D eigenvalue weighted by atomic mass is 10.2. The fraction of sp³-hybridized carbons (Fsp3) is 0.278. The molecular formula is C18H18BrNO3S. The van der Waals surface area contributed by atoms with Crippen molar-refractivity contribution < 1.29 is 14.3 Å². The number of benzene rings is 2. The zero-order valence-corrected chi connectivity index (χ0v) is 15.5. The van der Waals surface area contributed by atoms with Crippen molar-refractivity contribution in [2.45, 2.75) is 12.3 Å². The van der Waals surface area contributed by atoms with E-state index in [0.717, 1.165) is 32.9 Å². The van der Waals surface area contributed by atoms with E-state index in [1.54, 1.807) is 11.8 Å². The molecule has 1 heterocycles. The maximum absolute atomic E-state index is 11.9. The highest BCUT2D eigenvalue weighted by Gasteiger charge is 2.15. The van der Waals surface area contributed by atoms with Crippen LogP contribution in [0.1, 0.15) is 11.1 Å². The second-order valence-electron chi connectivity index (χ2n) is 5.34. The third-order valence-electron chi connectivity index (χ3n) is 3.53. The Hall–Kier alpha value is -1.66. The first-order chi connectivity index (χ1) is 11.7. The predicted molar refractivity (Wildman–Crippen MR) is 99.6 cm³/mol. The van der Waals surface area contributed by atoms with Crippen LogP contribution in [0.25, 0.3) is 0 Å². The second kappa shape index (κ2) is 8.44. The van der Waals surface area contributed by atoms with Crippen molar-refractivity contribution in [1.29, 1.82) is 0 Å². The molecule has 1 N–H and O–H groups in total. The van der Waals surface area contributed by atoms with E-state index in [-0.39, 0.29) is 5.91 Å². The summed E-state index contributed by atoms with van der Waals surface area (Å²) in [4.78, 5) is 11.9. The number of rotatable bonds is 6. The predicted octanol–water partition coefficient (Wildman–Crippen LogP) is 3.77. The van der Waals surface area contributed by atoms with Crippen molar-refractivity contribution >= 4 is 33.6 Å². The Kier molecular flexibility index (Phi) is 6.04. The number of hydrogen-bond acceptors (Lipinski definition) is 4. The third-order valence-corrected chi connectivity index (χ3v) is 5.25. The van der Waals surface area contributed by atoms with E-state index in [4.69, 9.17) is 9.47 Å². The lowest BCUT2D eigenvalue weighted by Crippen LogP contribution is -2.24. The molecule has 0 aromatic heterocycles. The molecule has 126 valence electrons. The monoisotopic (exact) mass is 407 g/mol. The highest BCUT2D eigenvalue weighted by atomic mass is 79.9. The van der Waals surface area contributed by atoms with Crippen LogP contribution in [0, 0.1) is 0 Å². The summed E-state index contributed by atoms with van der Waals surface area (Å²) in [5, 5.41) is 2.93. The number of nitrogens with one attached hydrogen (secondary N) is 1. The average molecular weight is 408 g/mol. The van der Waals surface area contributed by atoms with Gasteiger partial charge < -0.3 is 14.8 Å². The van der Waals surface area contributed by atoms with Crippen molar-refractivity contribution in [2.75, 3.05) is 19.0 Å². The van der Waals surface area contributed by atoms with Crippen LogP contribution in [0.3, 0.4) is 0 Å². The fourth-order valence-corrected chi connectivity index (χ4v) is 3.81. The summed E-state index contributed by atoms with van der Waals surface area (Å²) in [5.41, 5.74) is 2.20. The van der Waals surface area contributed by atoms with E-state index in [1.807, 2.05) is 42.5 Å². The molecule has 1 amide bonds. The van der Waals surface area contributed by atoms with Crippen LogP contribution < -0.4 is 14.8 Å². The normalized spacial score (nSPS) is 12.7. The van der Waals surface area contributed by atoms with E-state index in [2.05, 4.69) is 21.2 Å². The molecule has 6 heteroatoms. The van der Waals surface area contributed by atoms with E-state index in [9.17, 15) is 4.79 Å². The summed E-state index contributed by atoms with van der Waals surface area (Å²) >= 11 is 5.13. The number of carbonyl (C=O) groups is 1. The molecule has 2 aromatic carbocycles. The Balaban J connectivity index is 1.47. The molecule has 3 rings (SSSR count). The van der Waals surface area contributed by atoms with Crippen LogP contribution >= 0.6 is 27.7 Å². The van der Waals surface area contributed by atoms with Crippen LogP contribution in [0.15, 0.2) is 46.9 Å². The summed E-state index contributed by atoms with van der Waals surface area (Å²) in [6.07, 6.45) is 0. The van der Waals surface area contributed by atoms with E-state index in [0.29, 0.717) is 25.5 Å².